The molecule has 140 valence electrons. The van der Waals surface area contributed by atoms with Crippen molar-refractivity contribution in [3.63, 3.8) is 0 Å². The molecule has 0 aliphatic rings. The highest BCUT2D eigenvalue weighted by atomic mass is 19.1. The summed E-state index contributed by atoms with van der Waals surface area (Å²) in [6.07, 6.45) is 0. The highest BCUT2D eigenvalue weighted by molar-refractivity contribution is 5.94. The fourth-order valence-electron chi connectivity index (χ4n) is 3.30. The number of aromatic hydroxyl groups is 1. The molecule has 0 radical (unpaired) electrons. The molecule has 0 fully saturated rings. The summed E-state index contributed by atoms with van der Waals surface area (Å²) in [6, 6.07) is 19.1. The second-order valence-electron chi connectivity index (χ2n) is 6.89. The molecule has 4 nitrogen and oxygen atoms in total. The van der Waals surface area contributed by atoms with E-state index in [4.69, 9.17) is 0 Å². The molecule has 0 bridgehead atoms. The van der Waals surface area contributed by atoms with Crippen LogP contribution < -0.4 is 10.5 Å². The Balaban J connectivity index is 1.82. The minimum absolute atomic E-state index is 0.111. The van der Waals surface area contributed by atoms with Crippen molar-refractivity contribution in [2.24, 2.45) is 0 Å². The first kappa shape index (κ1) is 17.8. The SMILES string of the molecule is CN(C)c1ccc(-c2ccc3c(O)c(-c4ccc(F)cc4)c(=O)[nH]c3c2)cc1. The van der Waals surface area contributed by atoms with Gasteiger partial charge in [-0.25, -0.2) is 4.39 Å². The predicted molar refractivity (Wildman–Crippen MR) is 111 cm³/mol. The lowest BCUT2D eigenvalue weighted by Crippen LogP contribution is -2.09. The number of aromatic nitrogens is 1. The van der Waals surface area contributed by atoms with Crippen molar-refractivity contribution in [3.8, 4) is 28.0 Å². The van der Waals surface area contributed by atoms with Crippen LogP contribution in [0.1, 0.15) is 0 Å². The fraction of sp³-hybridized carbons (Fsp3) is 0.0870. The van der Waals surface area contributed by atoms with E-state index in [-0.39, 0.29) is 11.3 Å². The van der Waals surface area contributed by atoms with E-state index in [2.05, 4.69) is 4.98 Å². The van der Waals surface area contributed by atoms with E-state index in [1.165, 1.54) is 24.3 Å². The van der Waals surface area contributed by atoms with Gasteiger partial charge in [-0.05, 0) is 53.1 Å². The van der Waals surface area contributed by atoms with E-state index in [0.717, 1.165) is 16.8 Å². The summed E-state index contributed by atoms with van der Waals surface area (Å²) >= 11 is 0. The summed E-state index contributed by atoms with van der Waals surface area (Å²) in [4.78, 5) is 17.5. The maximum absolute atomic E-state index is 13.2. The molecular formula is C23H19FN2O2. The summed E-state index contributed by atoms with van der Waals surface area (Å²) in [5.74, 6) is -0.509. The van der Waals surface area contributed by atoms with Crippen LogP contribution in [0.25, 0.3) is 33.2 Å². The smallest absolute Gasteiger partial charge is 0.260 e. The monoisotopic (exact) mass is 374 g/mol. The zero-order valence-corrected chi connectivity index (χ0v) is 15.5. The van der Waals surface area contributed by atoms with Crippen molar-refractivity contribution in [3.05, 3.63) is 82.9 Å². The molecule has 4 aromatic rings. The molecule has 0 unspecified atom stereocenters. The van der Waals surface area contributed by atoms with E-state index in [1.807, 2.05) is 55.4 Å². The van der Waals surface area contributed by atoms with Gasteiger partial charge in [-0.3, -0.25) is 4.79 Å². The largest absolute Gasteiger partial charge is 0.506 e. The third-order valence-electron chi connectivity index (χ3n) is 4.84. The average molecular weight is 374 g/mol. The van der Waals surface area contributed by atoms with Gasteiger partial charge in [0, 0.05) is 25.2 Å². The number of aromatic amines is 1. The Hall–Kier alpha value is -3.60. The molecule has 0 saturated heterocycles. The molecular weight excluding hydrogens is 355 g/mol. The summed E-state index contributed by atoms with van der Waals surface area (Å²) in [6.45, 7) is 0. The van der Waals surface area contributed by atoms with Gasteiger partial charge in [0.15, 0.2) is 0 Å². The number of H-pyrrole nitrogens is 1. The molecule has 0 aliphatic carbocycles. The van der Waals surface area contributed by atoms with Crippen LogP contribution in [0.5, 0.6) is 5.75 Å². The van der Waals surface area contributed by atoms with Crippen LogP contribution in [-0.4, -0.2) is 24.2 Å². The van der Waals surface area contributed by atoms with Crippen molar-refractivity contribution < 1.29 is 9.50 Å². The molecule has 5 heteroatoms. The predicted octanol–water partition coefficient (Wildman–Crippen LogP) is 4.77. The van der Waals surface area contributed by atoms with Gasteiger partial charge in [-0.1, -0.05) is 30.3 Å². The molecule has 0 amide bonds. The van der Waals surface area contributed by atoms with Crippen LogP contribution >= 0.6 is 0 Å². The Kier molecular flexibility index (Phi) is 4.35. The van der Waals surface area contributed by atoms with Gasteiger partial charge in [0.2, 0.25) is 0 Å². The molecule has 28 heavy (non-hydrogen) atoms. The van der Waals surface area contributed by atoms with Gasteiger partial charge in [-0.2, -0.15) is 0 Å². The second kappa shape index (κ2) is 6.85. The summed E-state index contributed by atoms with van der Waals surface area (Å²) < 4.78 is 13.2. The number of anilines is 1. The minimum atomic E-state index is -0.420. The van der Waals surface area contributed by atoms with Crippen molar-refractivity contribution in [1.29, 1.82) is 0 Å². The molecule has 0 saturated carbocycles. The normalized spacial score (nSPS) is 11.0. The van der Waals surface area contributed by atoms with Crippen LogP contribution in [0.2, 0.25) is 0 Å². The number of hydrogen-bond acceptors (Lipinski definition) is 3. The maximum Gasteiger partial charge on any atom is 0.260 e. The third kappa shape index (κ3) is 3.11. The molecule has 3 aromatic carbocycles. The molecule has 0 spiro atoms. The first-order valence-corrected chi connectivity index (χ1v) is 8.87. The Morgan fingerprint density at radius 1 is 0.857 bits per heavy atom. The Morgan fingerprint density at radius 2 is 1.46 bits per heavy atom. The number of nitrogens with zero attached hydrogens (tertiary/aromatic N) is 1. The Bertz CT molecular complexity index is 1210. The Labute approximate surface area is 161 Å². The highest BCUT2D eigenvalue weighted by Crippen LogP contribution is 2.34. The fourth-order valence-corrected chi connectivity index (χ4v) is 3.30. The molecule has 1 heterocycles. The topological polar surface area (TPSA) is 56.3 Å². The van der Waals surface area contributed by atoms with Gasteiger partial charge in [0.05, 0.1) is 11.1 Å². The summed E-state index contributed by atoms with van der Waals surface area (Å²) in [7, 11) is 3.97. The van der Waals surface area contributed by atoms with Crippen LogP contribution in [0, 0.1) is 5.82 Å². The summed E-state index contributed by atoms with van der Waals surface area (Å²) in [5, 5.41) is 11.2. The molecule has 2 N–H and O–H groups in total. The molecule has 1 aromatic heterocycles. The second-order valence-corrected chi connectivity index (χ2v) is 6.89. The van der Waals surface area contributed by atoms with Crippen LogP contribution in [0.15, 0.2) is 71.5 Å². The molecule has 4 rings (SSSR count). The van der Waals surface area contributed by atoms with Crippen molar-refractivity contribution in [2.75, 3.05) is 19.0 Å². The molecule has 0 aliphatic heterocycles. The minimum Gasteiger partial charge on any atom is -0.506 e. The van der Waals surface area contributed by atoms with Gasteiger partial charge in [0.25, 0.3) is 5.56 Å². The maximum atomic E-state index is 13.2. The van der Waals surface area contributed by atoms with Gasteiger partial charge < -0.3 is 15.0 Å². The number of nitrogens with one attached hydrogen (secondary N) is 1. The van der Waals surface area contributed by atoms with E-state index < -0.39 is 11.4 Å². The standard InChI is InChI=1S/C23H19FN2O2/c1-26(2)18-10-5-14(6-11-18)16-7-12-19-20(13-16)25-23(28)21(22(19)27)15-3-8-17(24)9-4-15/h3-13H,1-2H3,(H2,25,27,28). The number of fused-ring (bicyclic) bond motifs is 1. The van der Waals surface area contributed by atoms with Crippen molar-refractivity contribution in [2.45, 2.75) is 0 Å². The molecule has 0 atom stereocenters. The van der Waals surface area contributed by atoms with Crippen LogP contribution in [-0.2, 0) is 0 Å². The third-order valence-corrected chi connectivity index (χ3v) is 4.84. The summed E-state index contributed by atoms with van der Waals surface area (Å²) in [5.41, 5.74) is 3.76. The lowest BCUT2D eigenvalue weighted by atomic mass is 10.00. The first-order chi connectivity index (χ1) is 13.4. The van der Waals surface area contributed by atoms with Crippen molar-refractivity contribution in [1.82, 2.24) is 4.98 Å². The quantitative estimate of drug-likeness (QED) is 0.543. The zero-order chi connectivity index (χ0) is 19.8. The van der Waals surface area contributed by atoms with Gasteiger partial charge in [0.1, 0.15) is 11.6 Å². The van der Waals surface area contributed by atoms with E-state index in [0.29, 0.717) is 16.5 Å². The Morgan fingerprint density at radius 3 is 2.11 bits per heavy atom. The number of benzene rings is 3. The zero-order valence-electron chi connectivity index (χ0n) is 15.5. The number of rotatable bonds is 3. The number of halogens is 1. The van der Waals surface area contributed by atoms with Crippen molar-refractivity contribution >= 4 is 16.6 Å². The van der Waals surface area contributed by atoms with E-state index in [9.17, 15) is 14.3 Å². The van der Waals surface area contributed by atoms with Gasteiger partial charge in [-0.15, -0.1) is 0 Å². The average Bonchev–Trinajstić information content (AvgIpc) is 2.69. The van der Waals surface area contributed by atoms with E-state index >= 15 is 0 Å². The number of pyridine rings is 1. The highest BCUT2D eigenvalue weighted by Gasteiger charge is 2.14. The van der Waals surface area contributed by atoms with Crippen LogP contribution in [0.4, 0.5) is 10.1 Å². The lowest BCUT2D eigenvalue weighted by molar-refractivity contribution is 0.482. The number of hydrogen-bond donors (Lipinski definition) is 2. The van der Waals surface area contributed by atoms with E-state index in [1.54, 1.807) is 6.07 Å². The van der Waals surface area contributed by atoms with Crippen LogP contribution in [0.3, 0.4) is 0 Å². The first-order valence-electron chi connectivity index (χ1n) is 8.87. The van der Waals surface area contributed by atoms with Gasteiger partial charge >= 0.3 is 0 Å². The lowest BCUT2D eigenvalue weighted by Gasteiger charge is -2.13.